The summed E-state index contributed by atoms with van der Waals surface area (Å²) in [7, 11) is -0.640. The van der Waals surface area contributed by atoms with Crippen LogP contribution in [0, 0.1) is 11.8 Å². The van der Waals surface area contributed by atoms with Crippen molar-refractivity contribution in [1.29, 1.82) is 0 Å². The van der Waals surface area contributed by atoms with Crippen LogP contribution in [0.5, 0.6) is 5.75 Å². The van der Waals surface area contributed by atoms with Crippen LogP contribution in [0.1, 0.15) is 20.8 Å². The van der Waals surface area contributed by atoms with Crippen LogP contribution in [0.15, 0.2) is 30.3 Å². The molecule has 7 atom stereocenters. The molecular weight excluding hydrogens is 432 g/mol. The van der Waals surface area contributed by atoms with Gasteiger partial charge in [0, 0.05) is 7.11 Å². The molecule has 32 heavy (non-hydrogen) atoms. The van der Waals surface area contributed by atoms with Gasteiger partial charge in [0.2, 0.25) is 5.79 Å². The molecule has 0 aromatic heterocycles. The fraction of sp³-hybridized carbons (Fsp3) is 0.652. The summed E-state index contributed by atoms with van der Waals surface area (Å²) < 4.78 is 35.8. The van der Waals surface area contributed by atoms with Gasteiger partial charge in [0.05, 0.1) is 6.61 Å². The first-order valence-corrected chi connectivity index (χ1v) is 13.9. The number of para-hydroxylation sites is 1. The van der Waals surface area contributed by atoms with E-state index in [1.807, 2.05) is 6.07 Å². The van der Waals surface area contributed by atoms with Crippen molar-refractivity contribution >= 4 is 20.3 Å². The number of rotatable bonds is 6. The maximum Gasteiger partial charge on any atom is 0.320 e. The summed E-state index contributed by atoms with van der Waals surface area (Å²) in [6.07, 6.45) is -1.52. The molecule has 4 aliphatic rings. The van der Waals surface area contributed by atoms with Gasteiger partial charge in [0.25, 0.3) is 0 Å². The first kappa shape index (κ1) is 22.0. The maximum atomic E-state index is 13.3. The highest BCUT2D eigenvalue weighted by Crippen LogP contribution is 2.70. The van der Waals surface area contributed by atoms with E-state index in [0.29, 0.717) is 5.75 Å². The van der Waals surface area contributed by atoms with Crippen molar-refractivity contribution in [2.75, 3.05) is 13.7 Å². The van der Waals surface area contributed by atoms with Gasteiger partial charge < -0.3 is 28.1 Å². The van der Waals surface area contributed by atoms with Gasteiger partial charge >= 0.3 is 11.9 Å². The largest absolute Gasteiger partial charge is 0.456 e. The smallest absolute Gasteiger partial charge is 0.320 e. The summed E-state index contributed by atoms with van der Waals surface area (Å²) in [5.74, 6) is -3.97. The Morgan fingerprint density at radius 1 is 1.16 bits per heavy atom. The van der Waals surface area contributed by atoms with Crippen molar-refractivity contribution in [2.24, 2.45) is 11.8 Å². The van der Waals surface area contributed by atoms with Crippen LogP contribution in [0.2, 0.25) is 18.1 Å². The minimum Gasteiger partial charge on any atom is -0.456 e. The fourth-order valence-electron chi connectivity index (χ4n) is 5.12. The van der Waals surface area contributed by atoms with Crippen molar-refractivity contribution in [2.45, 2.75) is 68.6 Å². The third-order valence-electron chi connectivity index (χ3n) is 7.87. The summed E-state index contributed by atoms with van der Waals surface area (Å²) in [5, 5.41) is -0.00415. The van der Waals surface area contributed by atoms with Crippen molar-refractivity contribution in [3.63, 3.8) is 0 Å². The molecule has 174 valence electrons. The highest BCUT2D eigenvalue weighted by Gasteiger charge is 2.92. The number of fused-ring (bicyclic) bond motifs is 3. The Balaban J connectivity index is 1.45. The SMILES string of the molecule is COC12OC3(C4OC41)C(C(=O)O[C@H]3CO[Si](C)(C)C(C)(C)C)C2C(=O)Oc1ccccc1. The zero-order valence-electron chi connectivity index (χ0n) is 19.2. The van der Waals surface area contributed by atoms with Crippen LogP contribution in [0.3, 0.4) is 0 Å². The fourth-order valence-corrected chi connectivity index (χ4v) is 6.12. The van der Waals surface area contributed by atoms with Crippen molar-refractivity contribution < 1.29 is 37.7 Å². The molecule has 8 nitrogen and oxygen atoms in total. The number of carbonyl (C=O) groups excluding carboxylic acids is 2. The van der Waals surface area contributed by atoms with E-state index in [-0.39, 0.29) is 17.7 Å². The van der Waals surface area contributed by atoms with Crippen LogP contribution in [0.4, 0.5) is 0 Å². The Bertz CT molecular complexity index is 943. The highest BCUT2D eigenvalue weighted by atomic mass is 28.4. The van der Waals surface area contributed by atoms with Gasteiger partial charge in [-0.3, -0.25) is 9.59 Å². The molecule has 1 aromatic carbocycles. The number of hydrogen-bond donors (Lipinski definition) is 0. The van der Waals surface area contributed by atoms with Gasteiger partial charge in [0.1, 0.15) is 29.8 Å². The maximum absolute atomic E-state index is 13.3. The lowest BCUT2D eigenvalue weighted by Crippen LogP contribution is -2.54. The van der Waals surface area contributed by atoms with Crippen LogP contribution in [-0.2, 0) is 33.0 Å². The summed E-state index contributed by atoms with van der Waals surface area (Å²) >= 11 is 0. The predicted molar refractivity (Wildman–Crippen MR) is 114 cm³/mol. The number of hydrogen-bond acceptors (Lipinski definition) is 8. The molecular formula is C23H30O8Si. The predicted octanol–water partition coefficient (Wildman–Crippen LogP) is 2.66. The highest BCUT2D eigenvalue weighted by molar-refractivity contribution is 6.74. The number of carbonyl (C=O) groups is 2. The van der Waals surface area contributed by atoms with Crippen LogP contribution >= 0.6 is 0 Å². The van der Waals surface area contributed by atoms with E-state index in [9.17, 15) is 9.59 Å². The second kappa shape index (κ2) is 6.86. The van der Waals surface area contributed by atoms with E-state index in [4.69, 9.17) is 28.1 Å². The second-order valence-electron chi connectivity index (χ2n) is 10.5. The molecule has 5 rings (SSSR count). The third kappa shape index (κ3) is 2.81. The van der Waals surface area contributed by atoms with Gasteiger partial charge in [0.15, 0.2) is 20.0 Å². The number of benzene rings is 1. The molecule has 0 amide bonds. The van der Waals surface area contributed by atoms with E-state index in [0.717, 1.165) is 0 Å². The Morgan fingerprint density at radius 3 is 2.47 bits per heavy atom. The van der Waals surface area contributed by atoms with Crippen LogP contribution in [-0.4, -0.2) is 63.7 Å². The molecule has 0 radical (unpaired) electrons. The molecule has 2 bridgehead atoms. The molecule has 4 fully saturated rings. The monoisotopic (exact) mass is 462 g/mol. The van der Waals surface area contributed by atoms with E-state index in [2.05, 4.69) is 33.9 Å². The summed E-state index contributed by atoms with van der Waals surface area (Å²) in [6, 6.07) is 8.73. The van der Waals surface area contributed by atoms with E-state index < -0.39 is 55.7 Å². The van der Waals surface area contributed by atoms with Crippen molar-refractivity contribution in [1.82, 2.24) is 0 Å². The Kier molecular flexibility index (Phi) is 4.73. The number of esters is 2. The van der Waals surface area contributed by atoms with Gasteiger partial charge in [-0.1, -0.05) is 39.0 Å². The lowest BCUT2D eigenvalue weighted by atomic mass is 9.69. The molecule has 0 N–H and O–H groups in total. The minimum absolute atomic E-state index is 0.00415. The van der Waals surface area contributed by atoms with E-state index in [1.165, 1.54) is 7.11 Å². The summed E-state index contributed by atoms with van der Waals surface area (Å²) in [5.41, 5.74) is -1.12. The third-order valence-corrected chi connectivity index (χ3v) is 12.4. The molecule has 6 unspecified atom stereocenters. The second-order valence-corrected chi connectivity index (χ2v) is 15.4. The minimum atomic E-state index is -2.11. The molecule has 0 saturated carbocycles. The van der Waals surface area contributed by atoms with Crippen LogP contribution < -0.4 is 4.74 Å². The average Bonchev–Trinajstić information content (AvgIpc) is 3.35. The molecule has 0 aliphatic carbocycles. The summed E-state index contributed by atoms with van der Waals surface area (Å²) in [4.78, 5) is 26.4. The van der Waals surface area contributed by atoms with Crippen molar-refractivity contribution in [3.05, 3.63) is 30.3 Å². The van der Waals surface area contributed by atoms with E-state index >= 15 is 0 Å². The first-order chi connectivity index (χ1) is 15.0. The lowest BCUT2D eigenvalue weighted by Gasteiger charge is -2.38. The topological polar surface area (TPSA) is 92.8 Å². The number of cyclic esters (lactones) is 1. The lowest BCUT2D eigenvalue weighted by molar-refractivity contribution is -0.267. The zero-order valence-corrected chi connectivity index (χ0v) is 20.2. The Labute approximate surface area is 188 Å². The van der Waals surface area contributed by atoms with E-state index in [1.54, 1.807) is 24.3 Å². The normalized spacial score (nSPS) is 39.4. The number of ether oxygens (including phenoxy) is 5. The molecule has 4 heterocycles. The zero-order chi connectivity index (χ0) is 23.1. The molecule has 1 aromatic rings. The summed E-state index contributed by atoms with van der Waals surface area (Å²) in [6.45, 7) is 10.9. The van der Waals surface area contributed by atoms with Gasteiger partial charge in [-0.25, -0.2) is 0 Å². The Hall–Kier alpha value is -1.78. The molecule has 4 saturated heterocycles. The first-order valence-electron chi connectivity index (χ1n) is 11.0. The molecule has 1 spiro atoms. The van der Waals surface area contributed by atoms with Gasteiger partial charge in [-0.15, -0.1) is 0 Å². The van der Waals surface area contributed by atoms with Crippen molar-refractivity contribution in [3.8, 4) is 5.75 Å². The molecule has 4 aliphatic heterocycles. The quantitative estimate of drug-likeness (QED) is 0.276. The number of methoxy groups -OCH3 is 1. The standard InChI is InChI=1S/C23H30O8Si/c1-21(2,3)32(5,6)27-12-14-22-15(19(24)29-14)16(20(25)28-13-10-8-7-9-11-13)23(26-4,31-22)18-17(22)30-18/h7-11,14-18H,12H2,1-6H3/t14-,15?,16?,17?,18?,22?,23?/m0/s1. The molecule has 9 heteroatoms. The average molecular weight is 463 g/mol. The van der Waals surface area contributed by atoms with Crippen LogP contribution in [0.25, 0.3) is 0 Å². The van der Waals surface area contributed by atoms with Gasteiger partial charge in [-0.05, 0) is 30.3 Å². The number of epoxide rings is 1. The Morgan fingerprint density at radius 2 is 1.84 bits per heavy atom. The van der Waals surface area contributed by atoms with Gasteiger partial charge in [-0.2, -0.15) is 0 Å².